The van der Waals surface area contributed by atoms with Crippen LogP contribution in [-0.2, 0) is 6.54 Å². The van der Waals surface area contributed by atoms with Crippen molar-refractivity contribution in [2.45, 2.75) is 34.2 Å². The second-order valence-corrected chi connectivity index (χ2v) is 4.88. The molecule has 0 aliphatic heterocycles. The molecule has 0 aliphatic rings. The monoisotopic (exact) mass is 247 g/mol. The first-order chi connectivity index (χ1) is 8.60. The topological polar surface area (TPSA) is 47.7 Å². The minimum absolute atomic E-state index is 0.587. The molecule has 5 nitrogen and oxygen atoms in total. The van der Waals surface area contributed by atoms with E-state index in [-0.39, 0.29) is 0 Å². The van der Waals surface area contributed by atoms with Crippen molar-refractivity contribution in [3.05, 3.63) is 24.2 Å². The van der Waals surface area contributed by atoms with Gasteiger partial charge in [-0.2, -0.15) is 5.10 Å². The van der Waals surface area contributed by atoms with Gasteiger partial charge in [-0.1, -0.05) is 13.8 Å². The van der Waals surface area contributed by atoms with E-state index < -0.39 is 0 Å². The van der Waals surface area contributed by atoms with E-state index in [2.05, 4.69) is 36.2 Å². The maximum atomic E-state index is 4.50. The van der Waals surface area contributed by atoms with Crippen LogP contribution in [-0.4, -0.2) is 25.9 Å². The third kappa shape index (κ3) is 2.72. The smallest absolute Gasteiger partial charge is 0.209 e. The van der Waals surface area contributed by atoms with Crippen LogP contribution in [0.4, 0.5) is 5.95 Å². The molecular formula is C13H21N5. The van der Waals surface area contributed by atoms with E-state index >= 15 is 0 Å². The summed E-state index contributed by atoms with van der Waals surface area (Å²) >= 11 is 0. The average Bonchev–Trinajstić information content (AvgIpc) is 2.92. The highest BCUT2D eigenvalue weighted by Crippen LogP contribution is 2.15. The van der Waals surface area contributed by atoms with Crippen molar-refractivity contribution >= 4 is 5.95 Å². The zero-order valence-corrected chi connectivity index (χ0v) is 11.5. The third-order valence-electron chi connectivity index (χ3n) is 2.69. The summed E-state index contributed by atoms with van der Waals surface area (Å²) in [6, 6.07) is 2.01. The fraction of sp³-hybridized carbons (Fsp3) is 0.538. The first-order valence-electron chi connectivity index (χ1n) is 6.43. The summed E-state index contributed by atoms with van der Waals surface area (Å²) in [5.74, 6) is 2.36. The minimum Gasteiger partial charge on any atom is -0.355 e. The SMILES string of the molecule is CCn1ccc(-n2cc(C)nc2NCC(C)C)n1. The Labute approximate surface area is 108 Å². The van der Waals surface area contributed by atoms with E-state index in [0.717, 1.165) is 30.5 Å². The lowest BCUT2D eigenvalue weighted by molar-refractivity contribution is 0.651. The van der Waals surface area contributed by atoms with Crippen LogP contribution in [0.25, 0.3) is 5.82 Å². The normalized spacial score (nSPS) is 11.2. The summed E-state index contributed by atoms with van der Waals surface area (Å²) in [5.41, 5.74) is 0.993. The molecule has 0 saturated heterocycles. The second kappa shape index (κ2) is 5.25. The quantitative estimate of drug-likeness (QED) is 0.883. The lowest BCUT2D eigenvalue weighted by atomic mass is 10.2. The molecule has 2 rings (SSSR count). The van der Waals surface area contributed by atoms with Gasteiger partial charge in [-0.3, -0.25) is 9.25 Å². The average molecular weight is 247 g/mol. The van der Waals surface area contributed by atoms with Gasteiger partial charge in [-0.15, -0.1) is 0 Å². The van der Waals surface area contributed by atoms with Crippen molar-refractivity contribution < 1.29 is 0 Å². The van der Waals surface area contributed by atoms with E-state index in [0.29, 0.717) is 5.92 Å². The standard InChI is InChI=1S/C13H21N5/c1-5-17-7-6-12(16-17)18-9-11(4)15-13(18)14-8-10(2)3/h6-7,9-10H,5,8H2,1-4H3,(H,14,15). The molecule has 5 heteroatoms. The molecule has 98 valence electrons. The Bertz CT molecular complexity index is 509. The summed E-state index contributed by atoms with van der Waals surface area (Å²) in [4.78, 5) is 4.50. The first kappa shape index (κ1) is 12.7. The molecule has 2 heterocycles. The van der Waals surface area contributed by atoms with Crippen molar-refractivity contribution in [2.75, 3.05) is 11.9 Å². The van der Waals surface area contributed by atoms with Gasteiger partial charge >= 0.3 is 0 Å². The van der Waals surface area contributed by atoms with Gasteiger partial charge in [0.1, 0.15) is 0 Å². The largest absolute Gasteiger partial charge is 0.355 e. The molecule has 0 aliphatic carbocycles. The van der Waals surface area contributed by atoms with Crippen molar-refractivity contribution in [2.24, 2.45) is 5.92 Å². The molecule has 0 radical (unpaired) electrons. The van der Waals surface area contributed by atoms with Crippen LogP contribution in [0.5, 0.6) is 0 Å². The third-order valence-corrected chi connectivity index (χ3v) is 2.69. The predicted molar refractivity (Wildman–Crippen MR) is 73.1 cm³/mol. The van der Waals surface area contributed by atoms with E-state index in [4.69, 9.17) is 0 Å². The van der Waals surface area contributed by atoms with Gasteiger partial charge in [0.25, 0.3) is 0 Å². The van der Waals surface area contributed by atoms with Crippen molar-refractivity contribution in [3.8, 4) is 5.82 Å². The van der Waals surface area contributed by atoms with Crippen LogP contribution in [0.15, 0.2) is 18.5 Å². The van der Waals surface area contributed by atoms with E-state index in [1.807, 2.05) is 34.6 Å². The number of rotatable bonds is 5. The molecule has 1 N–H and O–H groups in total. The second-order valence-electron chi connectivity index (χ2n) is 4.88. The Morgan fingerprint density at radius 1 is 1.39 bits per heavy atom. The summed E-state index contributed by atoms with van der Waals surface area (Å²) in [5, 5.41) is 7.86. The highest BCUT2D eigenvalue weighted by molar-refractivity contribution is 5.38. The molecule has 0 amide bonds. The molecule has 2 aromatic heterocycles. The van der Waals surface area contributed by atoms with E-state index in [9.17, 15) is 0 Å². The van der Waals surface area contributed by atoms with Crippen molar-refractivity contribution in [1.29, 1.82) is 0 Å². The molecule has 0 unspecified atom stereocenters. The van der Waals surface area contributed by atoms with Crippen molar-refractivity contribution in [3.63, 3.8) is 0 Å². The summed E-state index contributed by atoms with van der Waals surface area (Å²) in [6.07, 6.45) is 3.99. The van der Waals surface area contributed by atoms with Crippen LogP contribution in [0.2, 0.25) is 0 Å². The van der Waals surface area contributed by atoms with Crippen LogP contribution in [0, 0.1) is 12.8 Å². The molecule has 0 spiro atoms. The maximum absolute atomic E-state index is 4.50. The number of aryl methyl sites for hydroxylation is 2. The van der Waals surface area contributed by atoms with Gasteiger partial charge in [0, 0.05) is 31.5 Å². The maximum Gasteiger partial charge on any atom is 0.209 e. The zero-order chi connectivity index (χ0) is 13.1. The number of hydrogen-bond acceptors (Lipinski definition) is 3. The lowest BCUT2D eigenvalue weighted by Gasteiger charge is -2.09. The van der Waals surface area contributed by atoms with Crippen LogP contribution in [0.1, 0.15) is 26.5 Å². The molecular weight excluding hydrogens is 226 g/mol. The first-order valence-corrected chi connectivity index (χ1v) is 6.43. The summed E-state index contributed by atoms with van der Waals surface area (Å²) in [7, 11) is 0. The van der Waals surface area contributed by atoms with Crippen LogP contribution < -0.4 is 5.32 Å². The number of aromatic nitrogens is 4. The Hall–Kier alpha value is -1.78. The van der Waals surface area contributed by atoms with E-state index in [1.54, 1.807) is 0 Å². The fourth-order valence-corrected chi connectivity index (χ4v) is 1.75. The van der Waals surface area contributed by atoms with Crippen LogP contribution >= 0.6 is 0 Å². The molecule has 0 aromatic carbocycles. The summed E-state index contributed by atoms with van der Waals surface area (Å²) < 4.78 is 3.92. The molecule has 2 aromatic rings. The van der Waals surface area contributed by atoms with Gasteiger partial charge in [0.2, 0.25) is 5.95 Å². The van der Waals surface area contributed by atoms with Gasteiger partial charge in [-0.05, 0) is 19.8 Å². The van der Waals surface area contributed by atoms with E-state index in [1.165, 1.54) is 0 Å². The number of hydrogen-bond donors (Lipinski definition) is 1. The number of imidazole rings is 1. The van der Waals surface area contributed by atoms with Gasteiger partial charge in [-0.25, -0.2) is 4.98 Å². The predicted octanol–water partition coefficient (Wildman–Crippen LogP) is 2.47. The molecule has 0 saturated carbocycles. The summed E-state index contributed by atoms with van der Waals surface area (Å²) in [6.45, 7) is 10.2. The fourth-order valence-electron chi connectivity index (χ4n) is 1.75. The Morgan fingerprint density at radius 3 is 2.78 bits per heavy atom. The highest BCUT2D eigenvalue weighted by atomic mass is 15.3. The number of anilines is 1. The Morgan fingerprint density at radius 2 is 2.17 bits per heavy atom. The Balaban J connectivity index is 2.26. The van der Waals surface area contributed by atoms with Gasteiger partial charge in [0.05, 0.1) is 5.69 Å². The molecule has 0 fully saturated rings. The number of nitrogens with zero attached hydrogens (tertiary/aromatic N) is 4. The van der Waals surface area contributed by atoms with Crippen molar-refractivity contribution in [1.82, 2.24) is 19.3 Å². The molecule has 0 bridgehead atoms. The molecule has 0 atom stereocenters. The molecule has 18 heavy (non-hydrogen) atoms. The zero-order valence-electron chi connectivity index (χ0n) is 11.5. The number of nitrogens with one attached hydrogen (secondary N) is 1. The highest BCUT2D eigenvalue weighted by Gasteiger charge is 2.09. The van der Waals surface area contributed by atoms with Gasteiger partial charge in [0.15, 0.2) is 5.82 Å². The Kier molecular flexibility index (Phi) is 3.69. The lowest BCUT2D eigenvalue weighted by Crippen LogP contribution is -2.12. The van der Waals surface area contributed by atoms with Gasteiger partial charge < -0.3 is 5.32 Å². The minimum atomic E-state index is 0.587. The van der Waals surface area contributed by atoms with Crippen LogP contribution in [0.3, 0.4) is 0 Å².